The van der Waals surface area contributed by atoms with Gasteiger partial charge in [-0.25, -0.2) is 4.98 Å². The molecule has 0 spiro atoms. The Bertz CT molecular complexity index is 897. The molecule has 2 aromatic rings. The molecule has 1 aromatic carbocycles. The number of benzene rings is 1. The Morgan fingerprint density at radius 1 is 1.29 bits per heavy atom. The molecule has 1 saturated carbocycles. The van der Waals surface area contributed by atoms with Gasteiger partial charge in [-0.3, -0.25) is 9.59 Å². The van der Waals surface area contributed by atoms with Gasteiger partial charge in [-0.05, 0) is 38.2 Å². The van der Waals surface area contributed by atoms with Gasteiger partial charge in [0.1, 0.15) is 5.82 Å². The summed E-state index contributed by atoms with van der Waals surface area (Å²) in [6.45, 7) is 9.19. The van der Waals surface area contributed by atoms with Crippen molar-refractivity contribution in [3.8, 4) is 0 Å². The van der Waals surface area contributed by atoms with Crippen molar-refractivity contribution >= 4 is 5.91 Å². The zero-order chi connectivity index (χ0) is 20.3. The van der Waals surface area contributed by atoms with E-state index in [0.29, 0.717) is 36.8 Å². The topological polar surface area (TPSA) is 66.1 Å². The van der Waals surface area contributed by atoms with Crippen LogP contribution in [0.5, 0.6) is 0 Å². The summed E-state index contributed by atoms with van der Waals surface area (Å²) in [5.74, 6) is 1.29. The van der Waals surface area contributed by atoms with Gasteiger partial charge in [-0.1, -0.05) is 50.1 Å². The van der Waals surface area contributed by atoms with E-state index in [1.54, 1.807) is 0 Å². The number of hydrogen-bond acceptors (Lipinski definition) is 3. The fraction of sp³-hybridized carbons (Fsp3) is 0.522. The molecule has 1 fully saturated rings. The summed E-state index contributed by atoms with van der Waals surface area (Å²) in [4.78, 5) is 34.9. The highest BCUT2D eigenvalue weighted by atomic mass is 16.2. The summed E-state index contributed by atoms with van der Waals surface area (Å²) in [6.07, 6.45) is 3.65. The lowest BCUT2D eigenvalue weighted by Crippen LogP contribution is -2.41. The van der Waals surface area contributed by atoms with Gasteiger partial charge in [0.15, 0.2) is 0 Å². The Balaban J connectivity index is 1.80. The number of H-pyrrole nitrogens is 1. The number of aromatic amines is 1. The molecule has 1 aliphatic carbocycles. The molecule has 1 amide bonds. The highest BCUT2D eigenvalue weighted by molar-refractivity contribution is 5.79. The lowest BCUT2D eigenvalue weighted by atomic mass is 9.84. The average molecular weight is 382 g/mol. The Labute approximate surface area is 167 Å². The van der Waals surface area contributed by atoms with Gasteiger partial charge in [0, 0.05) is 30.1 Å². The third kappa shape index (κ3) is 4.89. The van der Waals surface area contributed by atoms with E-state index in [-0.39, 0.29) is 17.4 Å². The minimum atomic E-state index is -0.107. The normalized spacial score (nSPS) is 14.2. The lowest BCUT2D eigenvalue weighted by Gasteiger charge is -2.32. The zero-order valence-electron chi connectivity index (χ0n) is 17.4. The molecule has 5 nitrogen and oxygen atoms in total. The van der Waals surface area contributed by atoms with E-state index in [9.17, 15) is 9.59 Å². The zero-order valence-corrected chi connectivity index (χ0v) is 17.4. The van der Waals surface area contributed by atoms with Gasteiger partial charge in [0.2, 0.25) is 5.91 Å². The standard InChI is InChI=1S/C23H31N3O2/c1-15(2)13-26(23(28)19-9-6-10-19)14-21-24-17(4)20(22(27)25-21)12-18-8-5-7-16(3)11-18/h5,7-8,11,15,19H,6,9-10,12-14H2,1-4H3,(H,24,25,27). The predicted octanol–water partition coefficient (Wildman–Crippen LogP) is 3.76. The van der Waals surface area contributed by atoms with Crippen LogP contribution in [0.1, 0.15) is 61.3 Å². The molecule has 0 aliphatic heterocycles. The molecule has 1 aromatic heterocycles. The Morgan fingerprint density at radius 3 is 2.61 bits per heavy atom. The minimum Gasteiger partial charge on any atom is -0.335 e. The summed E-state index contributed by atoms with van der Waals surface area (Å²) in [5, 5.41) is 0. The number of nitrogens with zero attached hydrogens (tertiary/aromatic N) is 2. The molecule has 28 heavy (non-hydrogen) atoms. The van der Waals surface area contributed by atoms with E-state index in [4.69, 9.17) is 0 Å². The number of carbonyl (C=O) groups excluding carboxylic acids is 1. The number of aromatic nitrogens is 2. The Kier molecular flexibility index (Phi) is 6.32. The van der Waals surface area contributed by atoms with E-state index in [1.807, 2.05) is 36.9 Å². The summed E-state index contributed by atoms with van der Waals surface area (Å²) in [5.41, 5.74) is 3.60. The number of rotatable bonds is 7. The molecular weight excluding hydrogens is 350 g/mol. The van der Waals surface area contributed by atoms with Crippen molar-refractivity contribution in [2.75, 3.05) is 6.54 Å². The highest BCUT2D eigenvalue weighted by Crippen LogP contribution is 2.29. The first kappa shape index (κ1) is 20.3. The number of carbonyl (C=O) groups is 1. The Hall–Kier alpha value is -2.43. The number of aryl methyl sites for hydroxylation is 2. The van der Waals surface area contributed by atoms with Crippen LogP contribution in [0.3, 0.4) is 0 Å². The van der Waals surface area contributed by atoms with Gasteiger partial charge in [0.25, 0.3) is 5.56 Å². The van der Waals surface area contributed by atoms with Gasteiger partial charge in [-0.2, -0.15) is 0 Å². The summed E-state index contributed by atoms with van der Waals surface area (Å²) < 4.78 is 0. The van der Waals surface area contributed by atoms with Crippen LogP contribution in [0.15, 0.2) is 29.1 Å². The third-order valence-corrected chi connectivity index (χ3v) is 5.43. The van der Waals surface area contributed by atoms with E-state index < -0.39 is 0 Å². The van der Waals surface area contributed by atoms with Crippen LogP contribution in [-0.2, 0) is 17.8 Å². The number of hydrogen-bond donors (Lipinski definition) is 1. The molecule has 0 radical (unpaired) electrons. The van der Waals surface area contributed by atoms with Crippen molar-refractivity contribution in [2.24, 2.45) is 11.8 Å². The largest absolute Gasteiger partial charge is 0.335 e. The van der Waals surface area contributed by atoms with E-state index in [1.165, 1.54) is 5.56 Å². The van der Waals surface area contributed by atoms with Gasteiger partial charge < -0.3 is 9.88 Å². The summed E-state index contributed by atoms with van der Waals surface area (Å²) in [7, 11) is 0. The molecule has 5 heteroatoms. The molecule has 1 N–H and O–H groups in total. The molecule has 0 unspecified atom stereocenters. The second-order valence-electron chi connectivity index (χ2n) is 8.48. The SMILES string of the molecule is Cc1cccc(Cc2c(C)nc(CN(CC(C)C)C(=O)C3CCC3)[nH]c2=O)c1. The molecule has 0 bridgehead atoms. The van der Waals surface area contributed by atoms with Crippen molar-refractivity contribution < 1.29 is 4.79 Å². The third-order valence-electron chi connectivity index (χ3n) is 5.43. The van der Waals surface area contributed by atoms with Crippen molar-refractivity contribution in [3.63, 3.8) is 0 Å². The molecule has 3 rings (SSSR count). The number of amides is 1. The molecule has 0 atom stereocenters. The fourth-order valence-corrected chi connectivity index (χ4v) is 3.75. The van der Waals surface area contributed by atoms with Crippen LogP contribution in [0, 0.1) is 25.7 Å². The van der Waals surface area contributed by atoms with Crippen LogP contribution in [-0.4, -0.2) is 27.3 Å². The van der Waals surface area contributed by atoms with Crippen molar-refractivity contribution in [3.05, 3.63) is 62.8 Å². The minimum absolute atomic E-state index is 0.107. The van der Waals surface area contributed by atoms with Gasteiger partial charge in [0.05, 0.1) is 6.54 Å². The Morgan fingerprint density at radius 2 is 2.04 bits per heavy atom. The van der Waals surface area contributed by atoms with Crippen LogP contribution < -0.4 is 5.56 Å². The van der Waals surface area contributed by atoms with Crippen LogP contribution in [0.4, 0.5) is 0 Å². The number of nitrogens with one attached hydrogen (secondary N) is 1. The summed E-state index contributed by atoms with van der Waals surface area (Å²) in [6, 6.07) is 8.17. The van der Waals surface area contributed by atoms with Crippen molar-refractivity contribution in [1.82, 2.24) is 14.9 Å². The molecule has 1 aliphatic rings. The van der Waals surface area contributed by atoms with Crippen molar-refractivity contribution in [2.45, 2.75) is 59.9 Å². The average Bonchev–Trinajstić information content (AvgIpc) is 2.55. The van der Waals surface area contributed by atoms with Crippen molar-refractivity contribution in [1.29, 1.82) is 0 Å². The maximum atomic E-state index is 12.8. The summed E-state index contributed by atoms with van der Waals surface area (Å²) >= 11 is 0. The fourth-order valence-electron chi connectivity index (χ4n) is 3.75. The maximum Gasteiger partial charge on any atom is 0.254 e. The first-order chi connectivity index (χ1) is 13.3. The van der Waals surface area contributed by atoms with E-state index in [2.05, 4.69) is 29.9 Å². The molecular formula is C23H31N3O2. The quantitative estimate of drug-likeness (QED) is 0.794. The van der Waals surface area contributed by atoms with E-state index in [0.717, 1.165) is 30.5 Å². The van der Waals surface area contributed by atoms with Gasteiger partial charge >= 0.3 is 0 Å². The first-order valence-electron chi connectivity index (χ1n) is 10.3. The molecule has 150 valence electrons. The van der Waals surface area contributed by atoms with Crippen LogP contribution in [0.2, 0.25) is 0 Å². The maximum absolute atomic E-state index is 12.8. The second kappa shape index (κ2) is 8.72. The van der Waals surface area contributed by atoms with Gasteiger partial charge in [-0.15, -0.1) is 0 Å². The van der Waals surface area contributed by atoms with Crippen LogP contribution >= 0.6 is 0 Å². The smallest absolute Gasteiger partial charge is 0.254 e. The monoisotopic (exact) mass is 381 g/mol. The van der Waals surface area contributed by atoms with Crippen LogP contribution in [0.25, 0.3) is 0 Å². The predicted molar refractivity (Wildman–Crippen MR) is 111 cm³/mol. The molecule has 0 saturated heterocycles. The first-order valence-corrected chi connectivity index (χ1v) is 10.3. The van der Waals surface area contributed by atoms with E-state index >= 15 is 0 Å². The lowest BCUT2D eigenvalue weighted by molar-refractivity contribution is -0.139. The second-order valence-corrected chi connectivity index (χ2v) is 8.48. The molecule has 1 heterocycles. The highest BCUT2D eigenvalue weighted by Gasteiger charge is 2.30.